The van der Waals surface area contributed by atoms with Crippen molar-refractivity contribution >= 4 is 16.9 Å². The average molecular weight is 323 g/mol. The van der Waals surface area contributed by atoms with Crippen molar-refractivity contribution in [2.24, 2.45) is 5.92 Å². The number of fused-ring (bicyclic) bond motifs is 1. The van der Waals surface area contributed by atoms with E-state index in [2.05, 4.69) is 20.2 Å². The van der Waals surface area contributed by atoms with E-state index < -0.39 is 6.10 Å². The summed E-state index contributed by atoms with van der Waals surface area (Å²) in [5, 5.41) is 17.9. The zero-order valence-electron chi connectivity index (χ0n) is 13.0. The molecule has 0 unspecified atom stereocenters. The van der Waals surface area contributed by atoms with Crippen molar-refractivity contribution in [2.45, 2.75) is 12.5 Å². The number of likely N-dealkylation sites (tertiary alicyclic amines) is 1. The Morgan fingerprint density at radius 1 is 1.25 bits per heavy atom. The van der Waals surface area contributed by atoms with Gasteiger partial charge in [0.1, 0.15) is 5.69 Å². The van der Waals surface area contributed by atoms with Crippen LogP contribution in [0.25, 0.3) is 11.0 Å². The normalized spacial score (nSPS) is 20.6. The number of aromatic nitrogens is 4. The van der Waals surface area contributed by atoms with Crippen LogP contribution in [-0.2, 0) is 6.42 Å². The van der Waals surface area contributed by atoms with Crippen molar-refractivity contribution in [1.29, 1.82) is 0 Å². The molecule has 3 aromatic rings. The number of carbonyl (C=O) groups is 1. The second kappa shape index (κ2) is 6.01. The maximum Gasteiger partial charge on any atom is 0.272 e. The molecule has 7 heteroatoms. The maximum atomic E-state index is 12.7. The molecular formula is C17H17N5O2. The monoisotopic (exact) mass is 323 g/mol. The Morgan fingerprint density at radius 2 is 2.08 bits per heavy atom. The summed E-state index contributed by atoms with van der Waals surface area (Å²) in [6, 6.07) is 7.39. The summed E-state index contributed by atoms with van der Waals surface area (Å²) in [5.74, 6) is -0.144. The Labute approximate surface area is 138 Å². The fourth-order valence-corrected chi connectivity index (χ4v) is 3.15. The van der Waals surface area contributed by atoms with Crippen LogP contribution in [0.3, 0.4) is 0 Å². The average Bonchev–Trinajstić information content (AvgIpc) is 3.21. The summed E-state index contributed by atoms with van der Waals surface area (Å²) in [6.45, 7) is 0.849. The molecule has 1 amide bonds. The zero-order chi connectivity index (χ0) is 16.5. The number of aliphatic hydroxyl groups excluding tert-OH is 1. The number of amides is 1. The molecule has 0 aromatic carbocycles. The highest BCUT2D eigenvalue weighted by Crippen LogP contribution is 2.23. The minimum Gasteiger partial charge on any atom is -0.391 e. The highest BCUT2D eigenvalue weighted by atomic mass is 16.3. The first-order valence-corrected chi connectivity index (χ1v) is 7.87. The van der Waals surface area contributed by atoms with Gasteiger partial charge in [-0.2, -0.15) is 5.10 Å². The van der Waals surface area contributed by atoms with Gasteiger partial charge in [0.15, 0.2) is 5.65 Å². The highest BCUT2D eigenvalue weighted by Gasteiger charge is 2.34. The molecule has 122 valence electrons. The molecule has 0 saturated carbocycles. The molecule has 0 radical (unpaired) electrons. The van der Waals surface area contributed by atoms with E-state index in [4.69, 9.17) is 0 Å². The topological polar surface area (TPSA) is 95.0 Å². The number of aliphatic hydroxyl groups is 1. The number of β-amino-alcohol motifs (C(OH)–C–C–N with tert-alkyl or cyclic N) is 1. The van der Waals surface area contributed by atoms with Crippen LogP contribution in [0.2, 0.25) is 0 Å². The van der Waals surface area contributed by atoms with Crippen molar-refractivity contribution < 1.29 is 9.90 Å². The molecule has 3 aromatic heterocycles. The van der Waals surface area contributed by atoms with Crippen LogP contribution in [0.5, 0.6) is 0 Å². The molecule has 24 heavy (non-hydrogen) atoms. The van der Waals surface area contributed by atoms with Crippen LogP contribution in [-0.4, -0.2) is 55.3 Å². The van der Waals surface area contributed by atoms with E-state index in [0.29, 0.717) is 24.4 Å². The Balaban J connectivity index is 1.49. The summed E-state index contributed by atoms with van der Waals surface area (Å²) >= 11 is 0. The molecule has 1 fully saturated rings. The molecule has 1 aliphatic rings. The lowest BCUT2D eigenvalue weighted by Crippen LogP contribution is -2.30. The Kier molecular flexibility index (Phi) is 3.70. The second-order valence-electron chi connectivity index (χ2n) is 6.10. The molecule has 0 aliphatic carbocycles. The van der Waals surface area contributed by atoms with E-state index in [-0.39, 0.29) is 11.8 Å². The number of hydrogen-bond donors (Lipinski definition) is 2. The summed E-state index contributed by atoms with van der Waals surface area (Å²) in [4.78, 5) is 22.6. The fourth-order valence-electron chi connectivity index (χ4n) is 3.15. The van der Waals surface area contributed by atoms with Gasteiger partial charge in [-0.15, -0.1) is 0 Å². The van der Waals surface area contributed by atoms with Crippen molar-refractivity contribution in [1.82, 2.24) is 25.1 Å². The molecule has 0 bridgehead atoms. The molecular weight excluding hydrogens is 306 g/mol. The zero-order valence-corrected chi connectivity index (χ0v) is 13.0. The minimum absolute atomic E-state index is 0.0206. The van der Waals surface area contributed by atoms with Gasteiger partial charge in [-0.3, -0.25) is 14.9 Å². The first-order chi connectivity index (χ1) is 11.7. The number of rotatable bonds is 3. The quantitative estimate of drug-likeness (QED) is 0.750. The van der Waals surface area contributed by atoms with Crippen LogP contribution in [0.4, 0.5) is 0 Å². The van der Waals surface area contributed by atoms with Gasteiger partial charge in [0.05, 0.1) is 12.3 Å². The van der Waals surface area contributed by atoms with Crippen LogP contribution < -0.4 is 0 Å². The van der Waals surface area contributed by atoms with E-state index >= 15 is 0 Å². The third-order valence-electron chi connectivity index (χ3n) is 4.46. The number of nitrogens with zero attached hydrogens (tertiary/aromatic N) is 4. The smallest absolute Gasteiger partial charge is 0.272 e. The van der Waals surface area contributed by atoms with Crippen molar-refractivity contribution in [2.75, 3.05) is 13.1 Å². The molecule has 4 rings (SSSR count). The Hall–Kier alpha value is -2.80. The Bertz CT molecular complexity index is 864. The van der Waals surface area contributed by atoms with E-state index in [0.717, 1.165) is 17.4 Å². The highest BCUT2D eigenvalue weighted by molar-refractivity contribution is 5.94. The maximum absolute atomic E-state index is 12.7. The van der Waals surface area contributed by atoms with Gasteiger partial charge < -0.3 is 10.0 Å². The first kappa shape index (κ1) is 14.8. The summed E-state index contributed by atoms with van der Waals surface area (Å²) < 4.78 is 0. The molecule has 0 spiro atoms. The van der Waals surface area contributed by atoms with Crippen LogP contribution in [0.15, 0.2) is 42.9 Å². The molecule has 2 N–H and O–H groups in total. The predicted molar refractivity (Wildman–Crippen MR) is 87.2 cm³/mol. The van der Waals surface area contributed by atoms with Crippen LogP contribution in [0, 0.1) is 5.92 Å². The number of aromatic amines is 1. The molecule has 4 heterocycles. The number of H-pyrrole nitrogens is 1. The van der Waals surface area contributed by atoms with Crippen molar-refractivity contribution in [3.05, 3.63) is 54.1 Å². The summed E-state index contributed by atoms with van der Waals surface area (Å²) in [5.41, 5.74) is 2.07. The largest absolute Gasteiger partial charge is 0.391 e. The standard InChI is InChI=1S/C17H17N5O2/c23-15-10-22(9-13(15)7-11-3-5-18-6-4-11)17(24)14-2-1-12-8-19-21-16(12)20-14/h1-6,8,13,15,23H,7,9-10H2,(H,19,20,21)/t13-,15+/m1/s1. The Morgan fingerprint density at radius 3 is 2.92 bits per heavy atom. The fraction of sp³-hybridized carbons (Fsp3) is 0.294. The second-order valence-corrected chi connectivity index (χ2v) is 6.10. The van der Waals surface area contributed by atoms with Gasteiger partial charge in [-0.25, -0.2) is 4.98 Å². The third kappa shape index (κ3) is 2.74. The van der Waals surface area contributed by atoms with Gasteiger partial charge in [0.2, 0.25) is 0 Å². The summed E-state index contributed by atoms with van der Waals surface area (Å²) in [6.07, 6.45) is 5.34. The number of nitrogens with one attached hydrogen (secondary N) is 1. The van der Waals surface area contributed by atoms with E-state index in [1.807, 2.05) is 18.2 Å². The van der Waals surface area contributed by atoms with Crippen molar-refractivity contribution in [3.63, 3.8) is 0 Å². The van der Waals surface area contributed by atoms with Gasteiger partial charge in [-0.1, -0.05) is 0 Å². The van der Waals surface area contributed by atoms with Gasteiger partial charge in [-0.05, 0) is 36.2 Å². The molecule has 1 aliphatic heterocycles. The predicted octanol–water partition coefficient (Wildman–Crippen LogP) is 1.03. The number of hydrogen-bond acceptors (Lipinski definition) is 5. The SMILES string of the molecule is O=C(c1ccc2cn[nH]c2n1)N1C[C@@H](Cc2ccncc2)[C@@H](O)C1. The van der Waals surface area contributed by atoms with Gasteiger partial charge in [0, 0.05) is 36.8 Å². The van der Waals surface area contributed by atoms with Crippen molar-refractivity contribution in [3.8, 4) is 0 Å². The van der Waals surface area contributed by atoms with Crippen LogP contribution >= 0.6 is 0 Å². The molecule has 7 nitrogen and oxygen atoms in total. The van der Waals surface area contributed by atoms with E-state index in [1.165, 1.54) is 0 Å². The lowest BCUT2D eigenvalue weighted by molar-refractivity contribution is 0.0759. The lowest BCUT2D eigenvalue weighted by Gasteiger charge is -2.15. The van der Waals surface area contributed by atoms with Gasteiger partial charge in [0.25, 0.3) is 5.91 Å². The minimum atomic E-state index is -0.530. The molecule has 2 atom stereocenters. The van der Waals surface area contributed by atoms with Crippen LogP contribution in [0.1, 0.15) is 16.1 Å². The molecule has 1 saturated heterocycles. The lowest BCUT2D eigenvalue weighted by atomic mass is 9.97. The van der Waals surface area contributed by atoms with E-state index in [9.17, 15) is 9.90 Å². The number of carbonyl (C=O) groups excluding carboxylic acids is 1. The third-order valence-corrected chi connectivity index (χ3v) is 4.46. The number of pyridine rings is 2. The summed E-state index contributed by atoms with van der Waals surface area (Å²) in [7, 11) is 0. The first-order valence-electron chi connectivity index (χ1n) is 7.87. The van der Waals surface area contributed by atoms with E-state index in [1.54, 1.807) is 29.6 Å². The van der Waals surface area contributed by atoms with Gasteiger partial charge >= 0.3 is 0 Å².